The first-order valence-corrected chi connectivity index (χ1v) is 8.84. The van der Waals surface area contributed by atoms with Crippen LogP contribution in [-0.4, -0.2) is 22.8 Å². The maximum atomic E-state index is 12.3. The number of rotatable bonds is 8. The van der Waals surface area contributed by atoms with Crippen molar-refractivity contribution in [3.8, 4) is 11.5 Å². The van der Waals surface area contributed by atoms with Gasteiger partial charge in [0, 0.05) is 24.4 Å². The first kappa shape index (κ1) is 18.5. The largest absolute Gasteiger partial charge is 0.496 e. The van der Waals surface area contributed by atoms with E-state index in [1.807, 2.05) is 49.4 Å². The Hall–Kier alpha value is -3.28. The molecule has 27 heavy (non-hydrogen) atoms. The molecule has 0 bridgehead atoms. The molecule has 0 radical (unpaired) electrons. The molecule has 1 heterocycles. The Labute approximate surface area is 158 Å². The molecule has 6 nitrogen and oxygen atoms in total. The fourth-order valence-corrected chi connectivity index (χ4v) is 2.68. The van der Waals surface area contributed by atoms with Crippen LogP contribution in [0.4, 0.5) is 5.69 Å². The van der Waals surface area contributed by atoms with Gasteiger partial charge in [0.05, 0.1) is 25.4 Å². The molecule has 0 spiro atoms. The van der Waals surface area contributed by atoms with E-state index in [0.29, 0.717) is 23.8 Å². The summed E-state index contributed by atoms with van der Waals surface area (Å²) < 4.78 is 13.0. The summed E-state index contributed by atoms with van der Waals surface area (Å²) in [5, 5.41) is 6.99. The smallest absolute Gasteiger partial charge is 0.229 e. The standard InChI is InChI=1S/C21H23N3O3/c1-3-24-14-18(13-22-24)23-21(25)11-17-9-10-19(12-20(17)26-2)27-15-16-7-5-4-6-8-16/h4-10,12-14H,3,11,15H2,1-2H3,(H,23,25). The van der Waals surface area contributed by atoms with E-state index in [0.717, 1.165) is 17.7 Å². The molecule has 3 rings (SSSR count). The van der Waals surface area contributed by atoms with Crippen LogP contribution >= 0.6 is 0 Å². The van der Waals surface area contributed by atoms with Crippen LogP contribution in [0.3, 0.4) is 0 Å². The van der Waals surface area contributed by atoms with Gasteiger partial charge in [0.25, 0.3) is 0 Å². The van der Waals surface area contributed by atoms with Crippen molar-refractivity contribution >= 4 is 11.6 Å². The van der Waals surface area contributed by atoms with Gasteiger partial charge >= 0.3 is 0 Å². The molecule has 0 aliphatic carbocycles. The first-order valence-electron chi connectivity index (χ1n) is 8.84. The molecule has 0 saturated carbocycles. The van der Waals surface area contributed by atoms with Crippen LogP contribution in [0.5, 0.6) is 11.5 Å². The molecule has 0 atom stereocenters. The summed E-state index contributed by atoms with van der Waals surface area (Å²) >= 11 is 0. The van der Waals surface area contributed by atoms with Crippen molar-refractivity contribution in [2.45, 2.75) is 26.5 Å². The van der Waals surface area contributed by atoms with E-state index >= 15 is 0 Å². The van der Waals surface area contributed by atoms with E-state index < -0.39 is 0 Å². The van der Waals surface area contributed by atoms with Crippen LogP contribution in [0.25, 0.3) is 0 Å². The topological polar surface area (TPSA) is 65.4 Å². The van der Waals surface area contributed by atoms with Gasteiger partial charge in [0.1, 0.15) is 18.1 Å². The predicted molar refractivity (Wildman–Crippen MR) is 104 cm³/mol. The minimum Gasteiger partial charge on any atom is -0.496 e. The molecule has 0 unspecified atom stereocenters. The lowest BCUT2D eigenvalue weighted by Gasteiger charge is -2.12. The number of carbonyl (C=O) groups is 1. The van der Waals surface area contributed by atoms with E-state index in [2.05, 4.69) is 10.4 Å². The van der Waals surface area contributed by atoms with Crippen molar-refractivity contribution in [3.05, 3.63) is 72.1 Å². The Morgan fingerprint density at radius 3 is 2.70 bits per heavy atom. The van der Waals surface area contributed by atoms with Crippen LogP contribution in [0.1, 0.15) is 18.1 Å². The number of anilines is 1. The monoisotopic (exact) mass is 365 g/mol. The normalized spacial score (nSPS) is 10.4. The number of hydrogen-bond acceptors (Lipinski definition) is 4. The fourth-order valence-electron chi connectivity index (χ4n) is 2.68. The summed E-state index contributed by atoms with van der Waals surface area (Å²) in [6, 6.07) is 15.5. The van der Waals surface area contributed by atoms with Crippen LogP contribution in [0.2, 0.25) is 0 Å². The quantitative estimate of drug-likeness (QED) is 0.661. The van der Waals surface area contributed by atoms with E-state index in [4.69, 9.17) is 9.47 Å². The zero-order valence-corrected chi connectivity index (χ0v) is 15.5. The second-order valence-electron chi connectivity index (χ2n) is 6.06. The molecular formula is C21H23N3O3. The fraction of sp³-hybridized carbons (Fsp3) is 0.238. The number of benzene rings is 2. The molecule has 0 aliphatic rings. The van der Waals surface area contributed by atoms with Gasteiger partial charge in [0.2, 0.25) is 5.91 Å². The lowest BCUT2D eigenvalue weighted by Crippen LogP contribution is -2.14. The number of carbonyl (C=O) groups excluding carboxylic acids is 1. The molecule has 6 heteroatoms. The number of nitrogens with one attached hydrogen (secondary N) is 1. The van der Waals surface area contributed by atoms with Crippen LogP contribution in [0.15, 0.2) is 60.9 Å². The highest BCUT2D eigenvalue weighted by Gasteiger charge is 2.11. The minimum atomic E-state index is -0.123. The zero-order chi connectivity index (χ0) is 19.1. The van der Waals surface area contributed by atoms with Gasteiger partial charge in [-0.2, -0.15) is 5.10 Å². The third kappa shape index (κ3) is 5.10. The zero-order valence-electron chi connectivity index (χ0n) is 15.5. The number of aryl methyl sites for hydroxylation is 1. The Balaban J connectivity index is 1.62. The number of methoxy groups -OCH3 is 1. The number of amides is 1. The van der Waals surface area contributed by atoms with Gasteiger partial charge in [-0.1, -0.05) is 36.4 Å². The lowest BCUT2D eigenvalue weighted by atomic mass is 10.1. The Bertz CT molecular complexity index is 891. The molecule has 1 N–H and O–H groups in total. The van der Waals surface area contributed by atoms with Crippen molar-refractivity contribution in [1.82, 2.24) is 9.78 Å². The highest BCUT2D eigenvalue weighted by atomic mass is 16.5. The van der Waals surface area contributed by atoms with Crippen molar-refractivity contribution < 1.29 is 14.3 Å². The van der Waals surface area contributed by atoms with E-state index in [1.165, 1.54) is 0 Å². The molecular weight excluding hydrogens is 342 g/mol. The van der Waals surface area contributed by atoms with Gasteiger partial charge in [0.15, 0.2) is 0 Å². The average molecular weight is 365 g/mol. The van der Waals surface area contributed by atoms with Gasteiger partial charge in [-0.3, -0.25) is 9.48 Å². The van der Waals surface area contributed by atoms with Gasteiger partial charge < -0.3 is 14.8 Å². The lowest BCUT2D eigenvalue weighted by molar-refractivity contribution is -0.115. The second-order valence-corrected chi connectivity index (χ2v) is 6.06. The van der Waals surface area contributed by atoms with Gasteiger partial charge in [-0.05, 0) is 18.6 Å². The Morgan fingerprint density at radius 2 is 2.00 bits per heavy atom. The van der Waals surface area contributed by atoms with Crippen LogP contribution < -0.4 is 14.8 Å². The van der Waals surface area contributed by atoms with Crippen molar-refractivity contribution in [2.75, 3.05) is 12.4 Å². The average Bonchev–Trinajstić information content (AvgIpc) is 3.15. The summed E-state index contributed by atoms with van der Waals surface area (Å²) in [5.41, 5.74) is 2.57. The molecule has 0 fully saturated rings. The van der Waals surface area contributed by atoms with E-state index in [-0.39, 0.29) is 12.3 Å². The summed E-state index contributed by atoms with van der Waals surface area (Å²) in [6.45, 7) is 3.23. The van der Waals surface area contributed by atoms with Gasteiger partial charge in [-0.15, -0.1) is 0 Å². The van der Waals surface area contributed by atoms with Crippen molar-refractivity contribution in [1.29, 1.82) is 0 Å². The molecule has 2 aromatic carbocycles. The molecule has 0 saturated heterocycles. The number of hydrogen-bond donors (Lipinski definition) is 1. The summed E-state index contributed by atoms with van der Waals surface area (Å²) in [4.78, 5) is 12.3. The highest BCUT2D eigenvalue weighted by Crippen LogP contribution is 2.26. The molecule has 1 aromatic heterocycles. The summed E-state index contributed by atoms with van der Waals surface area (Å²) in [7, 11) is 1.59. The SMILES string of the molecule is CCn1cc(NC(=O)Cc2ccc(OCc3ccccc3)cc2OC)cn1. The van der Waals surface area contributed by atoms with E-state index in [9.17, 15) is 4.79 Å². The van der Waals surface area contributed by atoms with Crippen molar-refractivity contribution in [2.24, 2.45) is 0 Å². The third-order valence-corrected chi connectivity index (χ3v) is 4.10. The number of ether oxygens (including phenoxy) is 2. The molecule has 0 aliphatic heterocycles. The summed E-state index contributed by atoms with van der Waals surface area (Å²) in [5.74, 6) is 1.20. The first-order chi connectivity index (χ1) is 13.2. The highest BCUT2D eigenvalue weighted by molar-refractivity contribution is 5.92. The summed E-state index contributed by atoms with van der Waals surface area (Å²) in [6.07, 6.45) is 3.65. The van der Waals surface area contributed by atoms with Crippen LogP contribution in [-0.2, 0) is 24.4 Å². The van der Waals surface area contributed by atoms with Crippen LogP contribution in [0, 0.1) is 0 Å². The maximum Gasteiger partial charge on any atom is 0.229 e. The molecule has 140 valence electrons. The predicted octanol–water partition coefficient (Wildman–Crippen LogP) is 3.67. The molecule has 3 aromatic rings. The second kappa shape index (κ2) is 8.89. The molecule has 1 amide bonds. The Kier molecular flexibility index (Phi) is 6.10. The number of nitrogens with zero attached hydrogens (tertiary/aromatic N) is 2. The number of aromatic nitrogens is 2. The van der Waals surface area contributed by atoms with Crippen molar-refractivity contribution in [3.63, 3.8) is 0 Å². The Morgan fingerprint density at radius 1 is 1.19 bits per heavy atom. The maximum absolute atomic E-state index is 12.3. The third-order valence-electron chi connectivity index (χ3n) is 4.10. The van der Waals surface area contributed by atoms with Gasteiger partial charge in [-0.25, -0.2) is 0 Å². The minimum absolute atomic E-state index is 0.123. The van der Waals surface area contributed by atoms with E-state index in [1.54, 1.807) is 30.3 Å².